The summed E-state index contributed by atoms with van der Waals surface area (Å²) >= 11 is 0. The van der Waals surface area contributed by atoms with Gasteiger partial charge in [0.15, 0.2) is 5.76 Å². The summed E-state index contributed by atoms with van der Waals surface area (Å²) in [6.45, 7) is 6.79. The van der Waals surface area contributed by atoms with Crippen molar-refractivity contribution in [1.82, 2.24) is 4.98 Å². The molecule has 3 atom stereocenters. The minimum Gasteiger partial charge on any atom is -0.459 e. The second-order valence-corrected chi connectivity index (χ2v) is 6.52. The fraction of sp³-hybridized carbons (Fsp3) is 0.579. The summed E-state index contributed by atoms with van der Waals surface area (Å²) in [5, 5.41) is 12.0. The zero-order valence-electron chi connectivity index (χ0n) is 15.1. The van der Waals surface area contributed by atoms with Gasteiger partial charge in [0, 0.05) is 25.3 Å². The maximum absolute atomic E-state index is 12.6. The van der Waals surface area contributed by atoms with Gasteiger partial charge >= 0.3 is 0 Å². The number of allylic oxidation sites excluding steroid dienone is 1. The van der Waals surface area contributed by atoms with Crippen LogP contribution < -0.4 is 5.32 Å². The van der Waals surface area contributed by atoms with Crippen LogP contribution in [0, 0.1) is 17.8 Å². The molecule has 2 rings (SSSR count). The van der Waals surface area contributed by atoms with Crippen LogP contribution in [0.15, 0.2) is 36.4 Å². The monoisotopic (exact) mass is 348 g/mol. The molecule has 1 aliphatic rings. The predicted molar refractivity (Wildman–Crippen MR) is 95.6 cm³/mol. The molecule has 1 aliphatic heterocycles. The Morgan fingerprint density at radius 3 is 2.88 bits per heavy atom. The number of rotatable bonds is 8. The number of aliphatic hydroxyl groups is 1. The number of amides is 1. The Morgan fingerprint density at radius 1 is 1.48 bits per heavy atom. The number of nitrogens with one attached hydrogen (secondary N) is 1. The smallest absolute Gasteiger partial charge is 0.290 e. The van der Waals surface area contributed by atoms with Crippen molar-refractivity contribution in [1.29, 1.82) is 0 Å². The van der Waals surface area contributed by atoms with Crippen LogP contribution >= 0.6 is 0 Å². The molecule has 0 unspecified atom stereocenters. The molecule has 0 radical (unpaired) electrons. The van der Waals surface area contributed by atoms with Crippen LogP contribution in [0.2, 0.25) is 0 Å². The third-order valence-electron chi connectivity index (χ3n) is 4.37. The molecule has 0 spiro atoms. The molecule has 25 heavy (non-hydrogen) atoms. The van der Waals surface area contributed by atoms with Crippen LogP contribution in [0.1, 0.15) is 33.6 Å². The van der Waals surface area contributed by atoms with E-state index in [4.69, 9.17) is 9.47 Å². The Kier molecular flexibility index (Phi) is 7.40. The van der Waals surface area contributed by atoms with Crippen molar-refractivity contribution in [3.63, 3.8) is 0 Å². The number of hydrogen-bond donors (Lipinski definition) is 2. The number of hydrogen-bond acceptors (Lipinski definition) is 5. The Morgan fingerprint density at radius 2 is 2.28 bits per heavy atom. The van der Waals surface area contributed by atoms with E-state index in [1.165, 1.54) is 0 Å². The number of ether oxygens (including phenoxy) is 2. The van der Waals surface area contributed by atoms with Crippen LogP contribution in [-0.4, -0.2) is 35.5 Å². The number of carbonyl (C=O) groups excluding carboxylic acids is 1. The van der Waals surface area contributed by atoms with Crippen molar-refractivity contribution in [2.45, 2.75) is 39.9 Å². The Labute approximate surface area is 149 Å². The lowest BCUT2D eigenvalue weighted by atomic mass is 9.78. The first-order valence-electron chi connectivity index (χ1n) is 8.89. The molecule has 1 aromatic rings. The van der Waals surface area contributed by atoms with Crippen LogP contribution in [0.4, 0.5) is 5.69 Å². The third kappa shape index (κ3) is 5.28. The summed E-state index contributed by atoms with van der Waals surface area (Å²) in [6.07, 6.45) is 6.13. The van der Waals surface area contributed by atoms with E-state index in [1.807, 2.05) is 13.0 Å². The highest BCUT2D eigenvalue weighted by Crippen LogP contribution is 2.37. The van der Waals surface area contributed by atoms with Gasteiger partial charge in [0.05, 0.1) is 11.9 Å². The molecule has 1 aromatic heterocycles. The summed E-state index contributed by atoms with van der Waals surface area (Å²) in [7, 11) is 0. The van der Waals surface area contributed by atoms with Gasteiger partial charge in [0.2, 0.25) is 6.29 Å². The highest BCUT2D eigenvalue weighted by atomic mass is 16.7. The van der Waals surface area contributed by atoms with Gasteiger partial charge in [-0.3, -0.25) is 9.78 Å². The normalized spacial score (nSPS) is 23.1. The van der Waals surface area contributed by atoms with Gasteiger partial charge in [0.1, 0.15) is 0 Å². The number of anilines is 1. The minimum atomic E-state index is -0.483. The lowest BCUT2D eigenvalue weighted by Crippen LogP contribution is -2.40. The van der Waals surface area contributed by atoms with Crippen molar-refractivity contribution >= 4 is 11.6 Å². The van der Waals surface area contributed by atoms with E-state index in [0.29, 0.717) is 24.6 Å². The average molecular weight is 348 g/mol. The Balaban J connectivity index is 2.20. The number of nitrogens with zero attached hydrogens (tertiary/aromatic N) is 1. The standard InChI is InChI=1S/C19H28N2O4/c1-4-24-19-15(8-6-10-22)16(13(2)3)11-17(25-19)18(23)21-14-7-5-9-20-12-14/h5,7,9,11-13,15-16,19,22H,4,6,8,10H2,1-3H3,(H,21,23)/t15-,16+,19+/m0/s1. The molecule has 0 aliphatic carbocycles. The Bertz CT molecular complexity index is 574. The van der Waals surface area contributed by atoms with Gasteiger partial charge in [-0.1, -0.05) is 13.8 Å². The molecule has 6 nitrogen and oxygen atoms in total. The fourth-order valence-electron chi connectivity index (χ4n) is 3.15. The molecule has 0 bridgehead atoms. The second kappa shape index (κ2) is 9.53. The van der Waals surface area contributed by atoms with Crippen molar-refractivity contribution in [3.05, 3.63) is 36.4 Å². The molecule has 2 N–H and O–H groups in total. The van der Waals surface area contributed by atoms with E-state index < -0.39 is 6.29 Å². The summed E-state index contributed by atoms with van der Waals surface area (Å²) in [5.74, 6) is 0.565. The first-order valence-corrected chi connectivity index (χ1v) is 8.89. The molecule has 0 saturated heterocycles. The summed E-state index contributed by atoms with van der Waals surface area (Å²) < 4.78 is 11.6. The van der Waals surface area contributed by atoms with Crippen LogP contribution in [0.3, 0.4) is 0 Å². The Hall–Kier alpha value is -1.92. The number of aromatic nitrogens is 1. The summed E-state index contributed by atoms with van der Waals surface area (Å²) in [5.41, 5.74) is 0.619. The predicted octanol–water partition coefficient (Wildman–Crippen LogP) is 2.96. The topological polar surface area (TPSA) is 80.7 Å². The van der Waals surface area contributed by atoms with Crippen molar-refractivity contribution in [2.75, 3.05) is 18.5 Å². The highest BCUT2D eigenvalue weighted by Gasteiger charge is 2.38. The van der Waals surface area contributed by atoms with Gasteiger partial charge in [0.25, 0.3) is 5.91 Å². The number of aliphatic hydroxyl groups excluding tert-OH is 1. The van der Waals surface area contributed by atoms with Gasteiger partial charge < -0.3 is 19.9 Å². The van der Waals surface area contributed by atoms with Crippen molar-refractivity contribution < 1.29 is 19.4 Å². The number of carbonyl (C=O) groups is 1. The van der Waals surface area contributed by atoms with Crippen LogP contribution in [0.25, 0.3) is 0 Å². The zero-order chi connectivity index (χ0) is 18.2. The van der Waals surface area contributed by atoms with E-state index in [2.05, 4.69) is 24.1 Å². The van der Waals surface area contributed by atoms with E-state index in [0.717, 1.165) is 6.42 Å². The second-order valence-electron chi connectivity index (χ2n) is 6.52. The molecule has 6 heteroatoms. The maximum atomic E-state index is 12.6. The van der Waals surface area contributed by atoms with E-state index >= 15 is 0 Å². The van der Waals surface area contributed by atoms with E-state index in [1.54, 1.807) is 24.5 Å². The molecular weight excluding hydrogens is 320 g/mol. The third-order valence-corrected chi connectivity index (χ3v) is 4.37. The van der Waals surface area contributed by atoms with E-state index in [-0.39, 0.29) is 30.1 Å². The summed E-state index contributed by atoms with van der Waals surface area (Å²) in [6, 6.07) is 3.54. The van der Waals surface area contributed by atoms with Crippen molar-refractivity contribution in [2.24, 2.45) is 17.8 Å². The molecular formula is C19H28N2O4. The highest BCUT2D eigenvalue weighted by molar-refractivity contribution is 6.02. The van der Waals surface area contributed by atoms with E-state index in [9.17, 15) is 9.90 Å². The molecule has 2 heterocycles. The lowest BCUT2D eigenvalue weighted by molar-refractivity contribution is -0.173. The quantitative estimate of drug-likeness (QED) is 0.755. The number of pyridine rings is 1. The average Bonchev–Trinajstić information content (AvgIpc) is 2.61. The molecule has 138 valence electrons. The van der Waals surface area contributed by atoms with Crippen molar-refractivity contribution in [3.8, 4) is 0 Å². The maximum Gasteiger partial charge on any atom is 0.290 e. The first-order chi connectivity index (χ1) is 12.1. The van der Waals surface area contributed by atoms with Gasteiger partial charge in [-0.2, -0.15) is 0 Å². The first kappa shape index (κ1) is 19.4. The minimum absolute atomic E-state index is 0.113. The molecule has 1 amide bonds. The lowest BCUT2D eigenvalue weighted by Gasteiger charge is -2.38. The SMILES string of the molecule is CCO[C@@H]1OC(C(=O)Nc2cccnc2)=C[C@H](C(C)C)[C@@H]1CCCO. The van der Waals surface area contributed by atoms with Crippen LogP contribution in [0.5, 0.6) is 0 Å². The van der Waals surface area contributed by atoms with Crippen LogP contribution in [-0.2, 0) is 14.3 Å². The molecule has 0 fully saturated rings. The summed E-state index contributed by atoms with van der Waals surface area (Å²) in [4.78, 5) is 16.6. The van der Waals surface area contributed by atoms with Gasteiger partial charge in [-0.25, -0.2) is 0 Å². The van der Waals surface area contributed by atoms with Gasteiger partial charge in [-0.05, 0) is 49.8 Å². The fourth-order valence-corrected chi connectivity index (χ4v) is 3.15. The molecule has 0 saturated carbocycles. The molecule has 0 aromatic carbocycles. The zero-order valence-corrected chi connectivity index (χ0v) is 15.1. The van der Waals surface area contributed by atoms with Gasteiger partial charge in [-0.15, -0.1) is 0 Å². The largest absolute Gasteiger partial charge is 0.459 e.